The summed E-state index contributed by atoms with van der Waals surface area (Å²) in [5.74, 6) is 0.240. The summed E-state index contributed by atoms with van der Waals surface area (Å²) in [5.41, 5.74) is 0. The first-order chi connectivity index (χ1) is 8.54. The summed E-state index contributed by atoms with van der Waals surface area (Å²) in [4.78, 5) is 26.9. The van der Waals surface area contributed by atoms with E-state index in [2.05, 4.69) is 0 Å². The zero-order chi connectivity index (χ0) is 13.5. The van der Waals surface area contributed by atoms with Crippen LogP contribution < -0.4 is 0 Å². The van der Waals surface area contributed by atoms with E-state index in [1.807, 2.05) is 11.8 Å². The Morgan fingerprint density at radius 1 is 1.28 bits per heavy atom. The number of nitrogens with zero attached hydrogens (tertiary/aromatic N) is 2. The Labute approximate surface area is 107 Å². The summed E-state index contributed by atoms with van der Waals surface area (Å²) in [6.07, 6.45) is 2.37. The van der Waals surface area contributed by atoms with Gasteiger partial charge < -0.3 is 9.32 Å². The largest absolute Gasteiger partial charge is 0.461 e. The number of ketones is 1. The number of carbonyl (C=O) groups is 2. The minimum Gasteiger partial charge on any atom is -0.461 e. The molecule has 5 nitrogen and oxygen atoms in total. The molecule has 0 atom stereocenters. The van der Waals surface area contributed by atoms with E-state index in [1.165, 1.54) is 11.2 Å². The highest BCUT2D eigenvalue weighted by Crippen LogP contribution is 2.04. The van der Waals surface area contributed by atoms with Gasteiger partial charge in [0.15, 0.2) is 5.76 Å². The van der Waals surface area contributed by atoms with Gasteiger partial charge in [0.2, 0.25) is 11.7 Å². The van der Waals surface area contributed by atoms with Crippen molar-refractivity contribution >= 4 is 11.7 Å². The summed E-state index contributed by atoms with van der Waals surface area (Å²) < 4.78 is 5.06. The summed E-state index contributed by atoms with van der Waals surface area (Å²) in [6, 6.07) is 3.32. The Hall–Kier alpha value is -1.62. The van der Waals surface area contributed by atoms with Crippen LogP contribution in [-0.2, 0) is 4.79 Å². The lowest BCUT2D eigenvalue weighted by Crippen LogP contribution is -2.39. The smallest absolute Gasteiger partial charge is 0.236 e. The molecule has 18 heavy (non-hydrogen) atoms. The standard InChI is InChI=1S/C13H20N2O3/c1-4-7-15(10-13(17)14(2)3)9-11(16)12-6-5-8-18-12/h5-6,8H,4,7,9-10H2,1-3H3. The summed E-state index contributed by atoms with van der Waals surface area (Å²) in [5, 5.41) is 0. The molecule has 0 fully saturated rings. The topological polar surface area (TPSA) is 53.8 Å². The van der Waals surface area contributed by atoms with Crippen LogP contribution in [0.3, 0.4) is 0 Å². The van der Waals surface area contributed by atoms with Gasteiger partial charge in [-0.15, -0.1) is 0 Å². The molecule has 0 unspecified atom stereocenters. The van der Waals surface area contributed by atoms with Crippen LogP contribution in [0.15, 0.2) is 22.8 Å². The number of furan rings is 1. The molecule has 0 saturated heterocycles. The number of amides is 1. The Bertz CT molecular complexity index is 385. The second-order valence-corrected chi connectivity index (χ2v) is 4.40. The fourth-order valence-corrected chi connectivity index (χ4v) is 1.58. The van der Waals surface area contributed by atoms with Crippen LogP contribution in [0.1, 0.15) is 23.9 Å². The van der Waals surface area contributed by atoms with Crippen molar-refractivity contribution in [3.63, 3.8) is 0 Å². The zero-order valence-electron chi connectivity index (χ0n) is 11.2. The molecular formula is C13H20N2O3. The molecule has 0 radical (unpaired) electrons. The normalized spacial score (nSPS) is 10.7. The number of carbonyl (C=O) groups excluding carboxylic acids is 2. The number of likely N-dealkylation sites (N-methyl/N-ethyl adjacent to an activating group) is 1. The quantitative estimate of drug-likeness (QED) is 0.686. The van der Waals surface area contributed by atoms with Gasteiger partial charge in [-0.2, -0.15) is 0 Å². The average Bonchev–Trinajstić information content (AvgIpc) is 2.82. The average molecular weight is 252 g/mol. The van der Waals surface area contributed by atoms with Crippen molar-refractivity contribution in [3.8, 4) is 0 Å². The number of Topliss-reactive ketones (excluding diaryl/α,β-unsaturated/α-hetero) is 1. The van der Waals surface area contributed by atoms with Gasteiger partial charge in [0.05, 0.1) is 19.4 Å². The fraction of sp³-hybridized carbons (Fsp3) is 0.538. The van der Waals surface area contributed by atoms with Gasteiger partial charge >= 0.3 is 0 Å². The summed E-state index contributed by atoms with van der Waals surface area (Å²) >= 11 is 0. The second-order valence-electron chi connectivity index (χ2n) is 4.40. The van der Waals surface area contributed by atoms with E-state index in [1.54, 1.807) is 26.2 Å². The highest BCUT2D eigenvalue weighted by molar-refractivity contribution is 5.95. The van der Waals surface area contributed by atoms with Gasteiger partial charge in [0.25, 0.3) is 0 Å². The van der Waals surface area contributed by atoms with Gasteiger partial charge in [-0.1, -0.05) is 6.92 Å². The Kier molecular flexibility index (Phi) is 5.58. The molecule has 0 aliphatic carbocycles. The maximum atomic E-state index is 11.9. The number of hydrogen-bond donors (Lipinski definition) is 0. The number of hydrogen-bond acceptors (Lipinski definition) is 4. The minimum atomic E-state index is -0.0972. The first-order valence-electron chi connectivity index (χ1n) is 6.03. The Morgan fingerprint density at radius 3 is 2.50 bits per heavy atom. The van der Waals surface area contributed by atoms with E-state index in [-0.39, 0.29) is 24.8 Å². The van der Waals surface area contributed by atoms with Crippen LogP contribution in [-0.4, -0.2) is 55.2 Å². The van der Waals surface area contributed by atoms with Crippen molar-refractivity contribution in [3.05, 3.63) is 24.2 Å². The van der Waals surface area contributed by atoms with Gasteiger partial charge in [0.1, 0.15) is 0 Å². The highest BCUT2D eigenvalue weighted by Gasteiger charge is 2.17. The molecule has 0 bridgehead atoms. The van der Waals surface area contributed by atoms with Crippen molar-refractivity contribution in [2.45, 2.75) is 13.3 Å². The molecule has 1 aromatic heterocycles. The van der Waals surface area contributed by atoms with Crippen molar-refractivity contribution in [2.75, 3.05) is 33.7 Å². The third-order valence-electron chi connectivity index (χ3n) is 2.56. The third-order valence-corrected chi connectivity index (χ3v) is 2.56. The Balaban J connectivity index is 2.57. The summed E-state index contributed by atoms with van der Waals surface area (Å²) in [7, 11) is 3.42. The van der Waals surface area contributed by atoms with Crippen molar-refractivity contribution in [2.24, 2.45) is 0 Å². The van der Waals surface area contributed by atoms with Crippen molar-refractivity contribution in [1.29, 1.82) is 0 Å². The highest BCUT2D eigenvalue weighted by atomic mass is 16.3. The molecule has 1 heterocycles. The second kappa shape index (κ2) is 6.96. The van der Waals surface area contributed by atoms with Crippen LogP contribution in [0.2, 0.25) is 0 Å². The van der Waals surface area contributed by atoms with Crippen LogP contribution >= 0.6 is 0 Å². The molecule has 5 heteroatoms. The van der Waals surface area contributed by atoms with Crippen LogP contribution in [0.5, 0.6) is 0 Å². The van der Waals surface area contributed by atoms with E-state index in [4.69, 9.17) is 4.42 Å². The van der Waals surface area contributed by atoms with Gasteiger partial charge in [-0.3, -0.25) is 14.5 Å². The molecular weight excluding hydrogens is 232 g/mol. The molecule has 1 rings (SSSR count). The zero-order valence-corrected chi connectivity index (χ0v) is 11.2. The van der Waals surface area contributed by atoms with E-state index in [0.717, 1.165) is 6.42 Å². The lowest BCUT2D eigenvalue weighted by Gasteiger charge is -2.21. The first-order valence-corrected chi connectivity index (χ1v) is 6.03. The SMILES string of the molecule is CCCN(CC(=O)c1ccco1)CC(=O)N(C)C. The van der Waals surface area contributed by atoms with Crippen LogP contribution in [0.25, 0.3) is 0 Å². The molecule has 0 saturated carbocycles. The predicted molar refractivity (Wildman–Crippen MR) is 68.5 cm³/mol. The van der Waals surface area contributed by atoms with Crippen molar-refractivity contribution in [1.82, 2.24) is 9.80 Å². The van der Waals surface area contributed by atoms with E-state index < -0.39 is 0 Å². The summed E-state index contributed by atoms with van der Waals surface area (Å²) in [6.45, 7) is 3.20. The molecule has 1 amide bonds. The number of rotatable bonds is 7. The minimum absolute atomic E-state index is 0.00399. The molecule has 0 N–H and O–H groups in total. The van der Waals surface area contributed by atoms with Crippen molar-refractivity contribution < 1.29 is 14.0 Å². The Morgan fingerprint density at radius 2 is 2.00 bits per heavy atom. The molecule has 100 valence electrons. The lowest BCUT2D eigenvalue weighted by atomic mass is 10.2. The molecule has 0 spiro atoms. The predicted octanol–water partition coefficient (Wildman–Crippen LogP) is 1.26. The van der Waals surface area contributed by atoms with Crippen LogP contribution in [0.4, 0.5) is 0 Å². The molecule has 0 aliphatic heterocycles. The van der Waals surface area contributed by atoms with Crippen LogP contribution in [0, 0.1) is 0 Å². The van der Waals surface area contributed by atoms with Gasteiger partial charge in [0, 0.05) is 14.1 Å². The third kappa shape index (κ3) is 4.33. The monoisotopic (exact) mass is 252 g/mol. The first kappa shape index (κ1) is 14.4. The molecule has 0 aromatic carbocycles. The van der Waals surface area contributed by atoms with Gasteiger partial charge in [-0.05, 0) is 25.1 Å². The maximum Gasteiger partial charge on any atom is 0.236 e. The molecule has 0 aliphatic rings. The lowest BCUT2D eigenvalue weighted by molar-refractivity contribution is -0.129. The van der Waals surface area contributed by atoms with E-state index in [9.17, 15) is 9.59 Å². The van der Waals surface area contributed by atoms with E-state index in [0.29, 0.717) is 12.3 Å². The fourth-order valence-electron chi connectivity index (χ4n) is 1.58. The molecule has 1 aromatic rings. The van der Waals surface area contributed by atoms with Gasteiger partial charge in [-0.25, -0.2) is 0 Å². The van der Waals surface area contributed by atoms with E-state index >= 15 is 0 Å². The maximum absolute atomic E-state index is 11.9.